The zero-order valence-corrected chi connectivity index (χ0v) is 12.2. The summed E-state index contributed by atoms with van der Waals surface area (Å²) in [6.45, 7) is 2.00. The standard InChI is InChI=1S/C12H19BrN4/c1-16(2)6-7-17(3)11-8-10(13)14-12(15-11)9-4-5-9/h8-9H,4-7H2,1-3H3. The first-order valence-corrected chi connectivity index (χ1v) is 6.76. The Kier molecular flexibility index (Phi) is 3.99. The highest BCUT2D eigenvalue weighted by molar-refractivity contribution is 9.10. The monoisotopic (exact) mass is 298 g/mol. The van der Waals surface area contributed by atoms with E-state index in [-0.39, 0.29) is 0 Å². The summed E-state index contributed by atoms with van der Waals surface area (Å²) in [4.78, 5) is 13.4. The van der Waals surface area contributed by atoms with E-state index in [2.05, 4.69) is 56.8 Å². The highest BCUT2D eigenvalue weighted by Crippen LogP contribution is 2.39. The molecule has 0 aliphatic heterocycles. The normalized spacial score (nSPS) is 15.4. The first-order valence-electron chi connectivity index (χ1n) is 5.96. The fourth-order valence-electron chi connectivity index (χ4n) is 1.61. The number of rotatable bonds is 5. The van der Waals surface area contributed by atoms with Gasteiger partial charge in [0.2, 0.25) is 0 Å². The lowest BCUT2D eigenvalue weighted by atomic mass is 10.4. The van der Waals surface area contributed by atoms with Crippen molar-refractivity contribution in [3.8, 4) is 0 Å². The Bertz CT molecular complexity index is 390. The number of nitrogens with zero attached hydrogens (tertiary/aromatic N) is 4. The van der Waals surface area contributed by atoms with Crippen molar-refractivity contribution in [1.82, 2.24) is 14.9 Å². The Labute approximate surface area is 111 Å². The molecule has 0 radical (unpaired) electrons. The molecule has 0 bridgehead atoms. The molecule has 1 aliphatic rings. The first kappa shape index (κ1) is 12.8. The molecule has 1 heterocycles. The van der Waals surface area contributed by atoms with Gasteiger partial charge in [-0.25, -0.2) is 9.97 Å². The Balaban J connectivity index is 2.08. The SMILES string of the molecule is CN(C)CCN(C)c1cc(Br)nc(C2CC2)n1. The van der Waals surface area contributed by atoms with Gasteiger partial charge in [0.15, 0.2) is 0 Å². The van der Waals surface area contributed by atoms with E-state index in [0.717, 1.165) is 29.3 Å². The lowest BCUT2D eigenvalue weighted by Crippen LogP contribution is -2.29. The molecular formula is C12H19BrN4. The van der Waals surface area contributed by atoms with Gasteiger partial charge < -0.3 is 9.80 Å². The minimum absolute atomic E-state index is 0.591. The topological polar surface area (TPSA) is 32.3 Å². The maximum Gasteiger partial charge on any atom is 0.135 e. The summed E-state index contributed by atoms with van der Waals surface area (Å²) in [5, 5.41) is 0. The molecule has 0 amide bonds. The highest BCUT2D eigenvalue weighted by atomic mass is 79.9. The quantitative estimate of drug-likeness (QED) is 0.780. The molecule has 0 spiro atoms. The number of anilines is 1. The van der Waals surface area contributed by atoms with E-state index < -0.39 is 0 Å². The zero-order valence-electron chi connectivity index (χ0n) is 10.6. The average molecular weight is 299 g/mol. The van der Waals surface area contributed by atoms with Gasteiger partial charge in [-0.2, -0.15) is 0 Å². The van der Waals surface area contributed by atoms with Crippen LogP contribution in [0.3, 0.4) is 0 Å². The summed E-state index contributed by atoms with van der Waals surface area (Å²) in [5.41, 5.74) is 0. The molecule has 2 rings (SSSR count). The molecule has 1 aromatic heterocycles. The molecule has 1 aromatic rings. The summed E-state index contributed by atoms with van der Waals surface area (Å²) in [6.07, 6.45) is 2.47. The molecular weight excluding hydrogens is 280 g/mol. The van der Waals surface area contributed by atoms with Crippen LogP contribution in [0.1, 0.15) is 24.6 Å². The smallest absolute Gasteiger partial charge is 0.135 e. The Morgan fingerprint density at radius 3 is 2.53 bits per heavy atom. The molecule has 94 valence electrons. The van der Waals surface area contributed by atoms with Crippen LogP contribution in [0.25, 0.3) is 0 Å². The molecule has 0 aromatic carbocycles. The van der Waals surface area contributed by atoms with Crippen LogP contribution in [0.15, 0.2) is 10.7 Å². The van der Waals surface area contributed by atoms with Crippen molar-refractivity contribution in [3.05, 3.63) is 16.5 Å². The predicted octanol–water partition coefficient (Wildman–Crippen LogP) is 2.11. The second kappa shape index (κ2) is 5.31. The molecule has 1 aliphatic carbocycles. The van der Waals surface area contributed by atoms with Gasteiger partial charge in [0.05, 0.1) is 0 Å². The van der Waals surface area contributed by atoms with Crippen LogP contribution in [0.2, 0.25) is 0 Å². The lowest BCUT2D eigenvalue weighted by Gasteiger charge is -2.21. The summed E-state index contributed by atoms with van der Waals surface area (Å²) in [7, 11) is 6.24. The maximum atomic E-state index is 4.64. The van der Waals surface area contributed by atoms with Gasteiger partial charge >= 0.3 is 0 Å². The maximum absolute atomic E-state index is 4.64. The van der Waals surface area contributed by atoms with Gasteiger partial charge in [-0.05, 0) is 42.9 Å². The van der Waals surface area contributed by atoms with Crippen molar-refractivity contribution in [2.24, 2.45) is 0 Å². The average Bonchev–Trinajstić information content (AvgIpc) is 3.08. The van der Waals surface area contributed by atoms with Crippen LogP contribution >= 0.6 is 15.9 Å². The van der Waals surface area contributed by atoms with Gasteiger partial charge in [-0.15, -0.1) is 0 Å². The van der Waals surface area contributed by atoms with E-state index in [1.165, 1.54) is 12.8 Å². The molecule has 4 nitrogen and oxygen atoms in total. The fourth-order valence-corrected chi connectivity index (χ4v) is 1.99. The van der Waals surface area contributed by atoms with Crippen LogP contribution < -0.4 is 4.90 Å². The fraction of sp³-hybridized carbons (Fsp3) is 0.667. The lowest BCUT2D eigenvalue weighted by molar-refractivity contribution is 0.416. The van der Waals surface area contributed by atoms with E-state index in [1.807, 2.05) is 6.07 Å². The number of hydrogen-bond donors (Lipinski definition) is 0. The van der Waals surface area contributed by atoms with Crippen molar-refractivity contribution in [2.75, 3.05) is 39.1 Å². The molecule has 1 fully saturated rings. The molecule has 17 heavy (non-hydrogen) atoms. The second-order valence-corrected chi connectivity index (χ2v) is 5.72. The number of aromatic nitrogens is 2. The zero-order chi connectivity index (χ0) is 12.4. The Morgan fingerprint density at radius 1 is 1.24 bits per heavy atom. The van der Waals surface area contributed by atoms with Crippen molar-refractivity contribution >= 4 is 21.7 Å². The van der Waals surface area contributed by atoms with Gasteiger partial charge in [0, 0.05) is 32.1 Å². The third kappa shape index (κ3) is 3.64. The van der Waals surface area contributed by atoms with Gasteiger partial charge in [-0.1, -0.05) is 0 Å². The summed E-state index contributed by atoms with van der Waals surface area (Å²) < 4.78 is 0.890. The van der Waals surface area contributed by atoms with E-state index >= 15 is 0 Å². The minimum Gasteiger partial charge on any atom is -0.358 e. The highest BCUT2D eigenvalue weighted by Gasteiger charge is 2.27. The van der Waals surface area contributed by atoms with Crippen LogP contribution in [0, 0.1) is 0 Å². The number of halogens is 1. The molecule has 5 heteroatoms. The van der Waals surface area contributed by atoms with E-state index in [4.69, 9.17) is 0 Å². The second-order valence-electron chi connectivity index (χ2n) is 4.91. The van der Waals surface area contributed by atoms with Crippen LogP contribution in [-0.4, -0.2) is 49.1 Å². The number of likely N-dealkylation sites (N-methyl/N-ethyl adjacent to an activating group) is 2. The number of hydrogen-bond acceptors (Lipinski definition) is 4. The predicted molar refractivity (Wildman–Crippen MR) is 73.5 cm³/mol. The van der Waals surface area contributed by atoms with Gasteiger partial charge in [0.1, 0.15) is 16.2 Å². The van der Waals surface area contributed by atoms with E-state index in [9.17, 15) is 0 Å². The Hall–Kier alpha value is -0.680. The molecule has 0 atom stereocenters. The van der Waals surface area contributed by atoms with Crippen LogP contribution in [0.4, 0.5) is 5.82 Å². The van der Waals surface area contributed by atoms with Gasteiger partial charge in [0.25, 0.3) is 0 Å². The summed E-state index contributed by atoms with van der Waals surface area (Å²) in [6, 6.07) is 1.99. The van der Waals surface area contributed by atoms with Crippen molar-refractivity contribution in [2.45, 2.75) is 18.8 Å². The van der Waals surface area contributed by atoms with Crippen LogP contribution in [0.5, 0.6) is 0 Å². The molecule has 0 saturated heterocycles. The van der Waals surface area contributed by atoms with Crippen LogP contribution in [-0.2, 0) is 0 Å². The molecule has 1 saturated carbocycles. The molecule has 0 N–H and O–H groups in total. The van der Waals surface area contributed by atoms with Crippen molar-refractivity contribution in [1.29, 1.82) is 0 Å². The van der Waals surface area contributed by atoms with Crippen molar-refractivity contribution in [3.63, 3.8) is 0 Å². The largest absolute Gasteiger partial charge is 0.358 e. The summed E-state index contributed by atoms with van der Waals surface area (Å²) in [5.74, 6) is 2.59. The third-order valence-corrected chi connectivity index (χ3v) is 3.32. The van der Waals surface area contributed by atoms with E-state index in [1.54, 1.807) is 0 Å². The van der Waals surface area contributed by atoms with E-state index in [0.29, 0.717) is 5.92 Å². The first-order chi connectivity index (χ1) is 8.06. The third-order valence-electron chi connectivity index (χ3n) is 2.91. The van der Waals surface area contributed by atoms with Crippen molar-refractivity contribution < 1.29 is 0 Å². The minimum atomic E-state index is 0.591. The molecule has 0 unspecified atom stereocenters. The van der Waals surface area contributed by atoms with Gasteiger partial charge in [-0.3, -0.25) is 0 Å². The summed E-state index contributed by atoms with van der Waals surface area (Å²) >= 11 is 3.47. The Morgan fingerprint density at radius 2 is 1.94 bits per heavy atom.